The number of nitrogens with zero attached hydrogens (tertiary/aromatic N) is 1. The maximum absolute atomic E-state index is 12.3. The van der Waals surface area contributed by atoms with E-state index in [1.165, 1.54) is 0 Å². The van der Waals surface area contributed by atoms with Crippen LogP contribution in [0.3, 0.4) is 0 Å². The zero-order valence-electron chi connectivity index (χ0n) is 10.2. The van der Waals surface area contributed by atoms with Crippen LogP contribution in [0.25, 0.3) is 0 Å². The molecule has 0 aromatic carbocycles. The van der Waals surface area contributed by atoms with Crippen molar-refractivity contribution in [1.82, 2.24) is 4.90 Å². The molecule has 0 spiro atoms. The van der Waals surface area contributed by atoms with E-state index < -0.39 is 5.54 Å². The predicted octanol–water partition coefficient (Wildman–Crippen LogP) is 1.98. The molecule has 1 heterocycles. The van der Waals surface area contributed by atoms with E-state index in [9.17, 15) is 4.79 Å². The summed E-state index contributed by atoms with van der Waals surface area (Å²) in [7, 11) is 3.90. The summed E-state index contributed by atoms with van der Waals surface area (Å²) in [4.78, 5) is 14.3. The molecule has 0 bridgehead atoms. The van der Waals surface area contributed by atoms with Crippen LogP contribution in [-0.2, 0) is 9.53 Å². The van der Waals surface area contributed by atoms with Gasteiger partial charge in [-0.05, 0) is 40.3 Å². The Morgan fingerprint density at radius 3 is 2.67 bits per heavy atom. The highest BCUT2D eigenvalue weighted by Gasteiger charge is 2.35. The Labute approximate surface area is 92.1 Å². The predicted molar refractivity (Wildman–Crippen MR) is 60.7 cm³/mol. The van der Waals surface area contributed by atoms with Crippen molar-refractivity contribution in [1.29, 1.82) is 0 Å². The van der Waals surface area contributed by atoms with Gasteiger partial charge in [0.05, 0.1) is 18.4 Å². The van der Waals surface area contributed by atoms with Crippen molar-refractivity contribution in [3.63, 3.8) is 0 Å². The molecule has 86 valence electrons. The van der Waals surface area contributed by atoms with E-state index in [-0.39, 0.29) is 5.78 Å². The summed E-state index contributed by atoms with van der Waals surface area (Å²) in [6.07, 6.45) is 4.26. The molecule has 1 aliphatic rings. The molecular weight excluding hydrogens is 190 g/mol. The summed E-state index contributed by atoms with van der Waals surface area (Å²) in [6, 6.07) is 0. The average molecular weight is 211 g/mol. The molecule has 0 saturated heterocycles. The highest BCUT2D eigenvalue weighted by Crippen LogP contribution is 2.25. The number of Topliss-reactive ketones (excluding diaryl/α,β-unsaturated/α-hetero) is 1. The van der Waals surface area contributed by atoms with Gasteiger partial charge in [-0.3, -0.25) is 9.69 Å². The zero-order valence-corrected chi connectivity index (χ0v) is 10.2. The summed E-state index contributed by atoms with van der Waals surface area (Å²) in [5.41, 5.74) is 0.436. The standard InChI is InChI=1S/C12H21NO2/c1-5-12(2,13(3)4)11(14)10-7-6-8-15-9-10/h9H,5-8H2,1-4H3. The van der Waals surface area contributed by atoms with Crippen molar-refractivity contribution < 1.29 is 9.53 Å². The van der Waals surface area contributed by atoms with E-state index in [1.807, 2.05) is 32.8 Å². The van der Waals surface area contributed by atoms with Gasteiger partial charge in [0, 0.05) is 5.57 Å². The summed E-state index contributed by atoms with van der Waals surface area (Å²) in [5.74, 6) is 0.203. The molecule has 1 rings (SSSR count). The number of carbonyl (C=O) groups excluding carboxylic acids is 1. The monoisotopic (exact) mass is 211 g/mol. The van der Waals surface area contributed by atoms with Crippen LogP contribution in [-0.4, -0.2) is 36.9 Å². The number of ether oxygens (including phenoxy) is 1. The third kappa shape index (κ3) is 2.40. The first-order valence-corrected chi connectivity index (χ1v) is 5.55. The molecular formula is C12H21NO2. The third-order valence-electron chi connectivity index (χ3n) is 3.39. The minimum atomic E-state index is -0.396. The number of carbonyl (C=O) groups is 1. The molecule has 3 heteroatoms. The van der Waals surface area contributed by atoms with E-state index in [0.717, 1.165) is 31.4 Å². The lowest BCUT2D eigenvalue weighted by molar-refractivity contribution is -0.125. The van der Waals surface area contributed by atoms with Crippen LogP contribution in [0.1, 0.15) is 33.1 Å². The first-order chi connectivity index (χ1) is 7.02. The molecule has 1 atom stereocenters. The average Bonchev–Trinajstić information content (AvgIpc) is 2.28. The first kappa shape index (κ1) is 12.2. The lowest BCUT2D eigenvalue weighted by atomic mass is 9.86. The lowest BCUT2D eigenvalue weighted by Gasteiger charge is -2.35. The fourth-order valence-corrected chi connectivity index (χ4v) is 1.76. The number of likely N-dealkylation sites (N-methyl/N-ethyl adjacent to an activating group) is 1. The van der Waals surface area contributed by atoms with Gasteiger partial charge in [-0.15, -0.1) is 0 Å². The molecule has 1 unspecified atom stereocenters. The number of rotatable bonds is 4. The molecule has 0 aromatic heterocycles. The third-order valence-corrected chi connectivity index (χ3v) is 3.39. The van der Waals surface area contributed by atoms with Gasteiger partial charge in [0.1, 0.15) is 0 Å². The second kappa shape index (κ2) is 4.79. The van der Waals surface area contributed by atoms with Gasteiger partial charge in [0.2, 0.25) is 0 Å². The molecule has 15 heavy (non-hydrogen) atoms. The van der Waals surface area contributed by atoms with Crippen LogP contribution in [0.5, 0.6) is 0 Å². The second-order valence-electron chi connectivity index (χ2n) is 4.47. The largest absolute Gasteiger partial charge is 0.501 e. The highest BCUT2D eigenvalue weighted by molar-refractivity contribution is 6.02. The number of hydrogen-bond donors (Lipinski definition) is 0. The van der Waals surface area contributed by atoms with Crippen LogP contribution < -0.4 is 0 Å². The molecule has 1 aliphatic heterocycles. The molecule has 0 aromatic rings. The van der Waals surface area contributed by atoms with E-state index in [2.05, 4.69) is 0 Å². The number of hydrogen-bond acceptors (Lipinski definition) is 3. The normalized spacial score (nSPS) is 20.5. The molecule has 0 fully saturated rings. The summed E-state index contributed by atoms with van der Waals surface area (Å²) >= 11 is 0. The minimum absolute atomic E-state index is 0.203. The van der Waals surface area contributed by atoms with E-state index in [4.69, 9.17) is 4.74 Å². The van der Waals surface area contributed by atoms with E-state index in [0.29, 0.717) is 0 Å². The maximum atomic E-state index is 12.3. The van der Waals surface area contributed by atoms with Crippen molar-refractivity contribution >= 4 is 5.78 Å². The molecule has 0 radical (unpaired) electrons. The summed E-state index contributed by atoms with van der Waals surface area (Å²) in [5, 5.41) is 0. The number of ketones is 1. The van der Waals surface area contributed by atoms with Crippen LogP contribution >= 0.6 is 0 Å². The SMILES string of the molecule is CCC(C)(C(=O)C1=COCCC1)N(C)C. The molecule has 0 amide bonds. The Balaban J connectivity index is 2.85. The molecule has 0 saturated carbocycles. The zero-order chi connectivity index (χ0) is 11.5. The van der Waals surface area contributed by atoms with Crippen LogP contribution in [0.2, 0.25) is 0 Å². The second-order valence-corrected chi connectivity index (χ2v) is 4.47. The Morgan fingerprint density at radius 1 is 1.60 bits per heavy atom. The topological polar surface area (TPSA) is 29.5 Å². The Bertz CT molecular complexity index is 271. The smallest absolute Gasteiger partial charge is 0.181 e. The minimum Gasteiger partial charge on any atom is -0.501 e. The van der Waals surface area contributed by atoms with Crippen LogP contribution in [0, 0.1) is 0 Å². The maximum Gasteiger partial charge on any atom is 0.181 e. The van der Waals surface area contributed by atoms with Gasteiger partial charge in [0.15, 0.2) is 5.78 Å². The van der Waals surface area contributed by atoms with Gasteiger partial charge in [-0.1, -0.05) is 6.92 Å². The Kier molecular flexibility index (Phi) is 3.91. The van der Waals surface area contributed by atoms with E-state index >= 15 is 0 Å². The van der Waals surface area contributed by atoms with Crippen molar-refractivity contribution in [3.05, 3.63) is 11.8 Å². The first-order valence-electron chi connectivity index (χ1n) is 5.55. The highest BCUT2D eigenvalue weighted by atomic mass is 16.5. The van der Waals surface area contributed by atoms with Crippen LogP contribution in [0.4, 0.5) is 0 Å². The van der Waals surface area contributed by atoms with Gasteiger partial charge in [-0.25, -0.2) is 0 Å². The molecule has 0 N–H and O–H groups in total. The van der Waals surface area contributed by atoms with Crippen molar-refractivity contribution in [3.8, 4) is 0 Å². The van der Waals surface area contributed by atoms with Gasteiger partial charge >= 0.3 is 0 Å². The van der Waals surface area contributed by atoms with Crippen molar-refractivity contribution in [2.45, 2.75) is 38.6 Å². The van der Waals surface area contributed by atoms with Gasteiger partial charge in [-0.2, -0.15) is 0 Å². The van der Waals surface area contributed by atoms with Gasteiger partial charge < -0.3 is 4.74 Å². The fourth-order valence-electron chi connectivity index (χ4n) is 1.76. The summed E-state index contributed by atoms with van der Waals surface area (Å²) in [6.45, 7) is 4.77. The Morgan fingerprint density at radius 2 is 2.27 bits per heavy atom. The van der Waals surface area contributed by atoms with Gasteiger partial charge in [0.25, 0.3) is 0 Å². The van der Waals surface area contributed by atoms with Crippen molar-refractivity contribution in [2.75, 3.05) is 20.7 Å². The molecule has 3 nitrogen and oxygen atoms in total. The Hall–Kier alpha value is -0.830. The lowest BCUT2D eigenvalue weighted by Crippen LogP contribution is -2.48. The fraction of sp³-hybridized carbons (Fsp3) is 0.750. The van der Waals surface area contributed by atoms with E-state index in [1.54, 1.807) is 6.26 Å². The quantitative estimate of drug-likeness (QED) is 0.712. The summed E-state index contributed by atoms with van der Waals surface area (Å²) < 4.78 is 5.22. The van der Waals surface area contributed by atoms with Crippen molar-refractivity contribution in [2.24, 2.45) is 0 Å². The van der Waals surface area contributed by atoms with Crippen LogP contribution in [0.15, 0.2) is 11.8 Å². The molecule has 0 aliphatic carbocycles.